The van der Waals surface area contributed by atoms with Gasteiger partial charge in [-0.3, -0.25) is 0 Å². The molecule has 0 spiro atoms. The van der Waals surface area contributed by atoms with Gasteiger partial charge in [0, 0.05) is 11.7 Å². The van der Waals surface area contributed by atoms with Crippen LogP contribution < -0.4 is 10.5 Å². The van der Waals surface area contributed by atoms with E-state index in [1.165, 1.54) is 6.92 Å². The molecule has 0 aliphatic carbocycles. The van der Waals surface area contributed by atoms with Gasteiger partial charge in [-0.25, -0.2) is 13.1 Å². The van der Waals surface area contributed by atoms with Crippen LogP contribution in [0.5, 0.6) is 0 Å². The molecule has 92 valence electrons. The van der Waals surface area contributed by atoms with E-state index in [1.54, 1.807) is 37.3 Å². The second kappa shape index (κ2) is 5.17. The van der Waals surface area contributed by atoms with Crippen LogP contribution in [0.4, 0.5) is 5.69 Å². The Labute approximate surface area is 101 Å². The van der Waals surface area contributed by atoms with Gasteiger partial charge in [-0.1, -0.05) is 12.1 Å². The highest BCUT2D eigenvalue weighted by molar-refractivity contribution is 7.90. The first-order chi connectivity index (χ1) is 7.86. The minimum absolute atomic E-state index is 0.417. The maximum Gasteiger partial charge on any atom is 0.228 e. The Balaban J connectivity index is 2.88. The average molecular weight is 253 g/mol. The lowest BCUT2D eigenvalue weighted by atomic mass is 10.1. The van der Waals surface area contributed by atoms with E-state index >= 15 is 0 Å². The Morgan fingerprint density at radius 2 is 2.06 bits per heavy atom. The molecule has 0 bridgehead atoms. The van der Waals surface area contributed by atoms with E-state index in [4.69, 9.17) is 11.0 Å². The first-order valence-corrected chi connectivity index (χ1v) is 6.67. The molecular formula is C11H15N3O2S. The summed E-state index contributed by atoms with van der Waals surface area (Å²) < 4.78 is 25.8. The molecule has 6 heteroatoms. The fourth-order valence-electron chi connectivity index (χ4n) is 1.31. The Morgan fingerprint density at radius 1 is 1.41 bits per heavy atom. The van der Waals surface area contributed by atoms with E-state index in [0.29, 0.717) is 5.69 Å². The van der Waals surface area contributed by atoms with Crippen molar-refractivity contribution < 1.29 is 8.42 Å². The lowest BCUT2D eigenvalue weighted by Gasteiger charge is -2.15. The summed E-state index contributed by atoms with van der Waals surface area (Å²) in [5.74, 6) is 0. The summed E-state index contributed by atoms with van der Waals surface area (Å²) in [5.41, 5.74) is 6.95. The number of sulfonamides is 1. The van der Waals surface area contributed by atoms with Crippen LogP contribution in [0.2, 0.25) is 0 Å². The van der Waals surface area contributed by atoms with Gasteiger partial charge >= 0.3 is 0 Å². The first-order valence-electron chi connectivity index (χ1n) is 5.13. The summed E-state index contributed by atoms with van der Waals surface area (Å²) in [6, 6.07) is 8.24. The number of hydrogen-bond acceptors (Lipinski definition) is 4. The van der Waals surface area contributed by atoms with Crippen molar-refractivity contribution in [2.24, 2.45) is 0 Å². The summed E-state index contributed by atoms with van der Waals surface area (Å²) in [4.78, 5) is 0. The molecule has 0 aliphatic rings. The van der Waals surface area contributed by atoms with Gasteiger partial charge in [-0.2, -0.15) is 5.26 Å². The van der Waals surface area contributed by atoms with Gasteiger partial charge in [-0.15, -0.1) is 0 Å². The minimum Gasteiger partial charge on any atom is -0.399 e. The van der Waals surface area contributed by atoms with E-state index in [0.717, 1.165) is 5.56 Å². The number of hydrogen-bond donors (Lipinski definition) is 2. The third kappa shape index (κ3) is 3.44. The molecule has 0 radical (unpaired) electrons. The molecule has 5 nitrogen and oxygen atoms in total. The Hall–Kier alpha value is -1.58. The monoisotopic (exact) mass is 253 g/mol. The molecule has 2 atom stereocenters. The quantitative estimate of drug-likeness (QED) is 0.787. The van der Waals surface area contributed by atoms with E-state index in [2.05, 4.69) is 4.72 Å². The van der Waals surface area contributed by atoms with Gasteiger partial charge in [0.2, 0.25) is 10.0 Å². The summed E-state index contributed by atoms with van der Waals surface area (Å²) in [6.07, 6.45) is 0. The zero-order valence-electron chi connectivity index (χ0n) is 9.71. The highest BCUT2D eigenvalue weighted by Gasteiger charge is 2.22. The second-order valence-electron chi connectivity index (χ2n) is 3.83. The van der Waals surface area contributed by atoms with Gasteiger partial charge in [0.25, 0.3) is 0 Å². The summed E-state index contributed by atoms with van der Waals surface area (Å²) in [5, 5.41) is 7.53. The number of nitrogen functional groups attached to an aromatic ring is 1. The Morgan fingerprint density at radius 3 is 2.59 bits per heavy atom. The molecule has 0 aliphatic heterocycles. The summed E-state index contributed by atoms with van der Waals surface area (Å²) in [6.45, 7) is 3.05. The standard InChI is InChI=1S/C11H15N3O2S/c1-8(7-12)17(15,16)14-9(2)10-4-3-5-11(13)6-10/h3-6,8-9,14H,13H2,1-2H3. The number of anilines is 1. The molecule has 0 aromatic heterocycles. The zero-order valence-corrected chi connectivity index (χ0v) is 10.5. The molecule has 0 amide bonds. The average Bonchev–Trinajstić information content (AvgIpc) is 2.27. The molecule has 3 N–H and O–H groups in total. The van der Waals surface area contributed by atoms with Crippen LogP contribution in [-0.4, -0.2) is 13.7 Å². The second-order valence-corrected chi connectivity index (χ2v) is 5.86. The zero-order chi connectivity index (χ0) is 13.1. The lowest BCUT2D eigenvalue weighted by molar-refractivity contribution is 0.562. The fourth-order valence-corrected chi connectivity index (χ4v) is 2.29. The fraction of sp³-hybridized carbons (Fsp3) is 0.364. The van der Waals surface area contributed by atoms with Crippen LogP contribution in [0, 0.1) is 11.3 Å². The molecule has 1 aromatic carbocycles. The van der Waals surface area contributed by atoms with Crippen LogP contribution in [-0.2, 0) is 10.0 Å². The number of benzene rings is 1. The van der Waals surface area contributed by atoms with Crippen molar-refractivity contribution in [2.75, 3.05) is 5.73 Å². The SMILES string of the molecule is CC(NS(=O)(=O)C(C)C#N)c1cccc(N)c1. The molecule has 1 aromatic rings. The largest absolute Gasteiger partial charge is 0.399 e. The van der Waals surface area contributed by atoms with Crippen molar-refractivity contribution in [1.82, 2.24) is 4.72 Å². The third-order valence-corrected chi connectivity index (χ3v) is 4.12. The van der Waals surface area contributed by atoms with Gasteiger partial charge in [0.05, 0.1) is 6.07 Å². The molecule has 0 saturated carbocycles. The van der Waals surface area contributed by atoms with E-state index in [-0.39, 0.29) is 0 Å². The topological polar surface area (TPSA) is 96.0 Å². The van der Waals surface area contributed by atoms with Gasteiger partial charge in [0.1, 0.15) is 0 Å². The molecular weight excluding hydrogens is 238 g/mol. The predicted molar refractivity (Wildman–Crippen MR) is 66.4 cm³/mol. The van der Waals surface area contributed by atoms with Crippen molar-refractivity contribution in [3.05, 3.63) is 29.8 Å². The maximum absolute atomic E-state index is 11.7. The number of nitriles is 1. The minimum atomic E-state index is -3.62. The molecule has 2 unspecified atom stereocenters. The molecule has 0 saturated heterocycles. The maximum atomic E-state index is 11.7. The number of nitrogens with zero attached hydrogens (tertiary/aromatic N) is 1. The van der Waals surface area contributed by atoms with Crippen molar-refractivity contribution in [1.29, 1.82) is 5.26 Å². The van der Waals surface area contributed by atoms with Crippen molar-refractivity contribution >= 4 is 15.7 Å². The molecule has 1 rings (SSSR count). The van der Waals surface area contributed by atoms with E-state index in [9.17, 15) is 8.42 Å². The number of nitrogens with one attached hydrogen (secondary N) is 1. The lowest BCUT2D eigenvalue weighted by Crippen LogP contribution is -2.33. The Kier molecular flexibility index (Phi) is 4.10. The van der Waals surface area contributed by atoms with E-state index in [1.807, 2.05) is 0 Å². The van der Waals surface area contributed by atoms with Gasteiger partial charge in [0.15, 0.2) is 5.25 Å². The normalized spacial score (nSPS) is 14.9. The third-order valence-electron chi connectivity index (χ3n) is 2.40. The highest BCUT2D eigenvalue weighted by Crippen LogP contribution is 2.16. The Bertz CT molecular complexity index is 534. The van der Waals surface area contributed by atoms with Crippen molar-refractivity contribution in [3.8, 4) is 6.07 Å². The smallest absolute Gasteiger partial charge is 0.228 e. The van der Waals surface area contributed by atoms with Crippen LogP contribution >= 0.6 is 0 Å². The molecule has 0 fully saturated rings. The molecule has 0 heterocycles. The van der Waals surface area contributed by atoms with E-state index < -0.39 is 21.3 Å². The molecule has 17 heavy (non-hydrogen) atoms. The summed E-state index contributed by atoms with van der Waals surface area (Å²) in [7, 11) is -3.62. The number of rotatable bonds is 4. The first kappa shape index (κ1) is 13.5. The highest BCUT2D eigenvalue weighted by atomic mass is 32.2. The van der Waals surface area contributed by atoms with Gasteiger partial charge in [-0.05, 0) is 31.5 Å². The van der Waals surface area contributed by atoms with Crippen LogP contribution in [0.25, 0.3) is 0 Å². The van der Waals surface area contributed by atoms with Crippen molar-refractivity contribution in [3.63, 3.8) is 0 Å². The van der Waals surface area contributed by atoms with Crippen LogP contribution in [0.15, 0.2) is 24.3 Å². The van der Waals surface area contributed by atoms with Gasteiger partial charge < -0.3 is 5.73 Å². The van der Waals surface area contributed by atoms with Crippen molar-refractivity contribution in [2.45, 2.75) is 25.1 Å². The summed E-state index contributed by atoms with van der Waals surface area (Å²) >= 11 is 0. The predicted octanol–water partition coefficient (Wildman–Crippen LogP) is 1.16. The number of nitrogens with two attached hydrogens (primary N) is 1. The van der Waals surface area contributed by atoms with Crippen LogP contribution in [0.3, 0.4) is 0 Å². The van der Waals surface area contributed by atoms with Crippen LogP contribution in [0.1, 0.15) is 25.5 Å².